The lowest BCUT2D eigenvalue weighted by Gasteiger charge is -2.61. The van der Waals surface area contributed by atoms with Crippen LogP contribution in [0.2, 0.25) is 0 Å². The Morgan fingerprint density at radius 3 is 2.24 bits per heavy atom. The molecule has 0 spiro atoms. The number of hydrogen-bond acceptors (Lipinski definition) is 3. The van der Waals surface area contributed by atoms with Crippen LogP contribution in [0.25, 0.3) is 0 Å². The third-order valence-electron chi connectivity index (χ3n) is 12.1. The first-order chi connectivity index (χ1) is 15.9. The molecule has 0 bridgehead atoms. The second-order valence-corrected chi connectivity index (χ2v) is 14.8. The Labute approximate surface area is 210 Å². The Balaban J connectivity index is 1.43. The van der Waals surface area contributed by atoms with E-state index in [-0.39, 0.29) is 6.10 Å². The van der Waals surface area contributed by atoms with Crippen LogP contribution < -0.4 is 0 Å². The molecular weight excluding hydrogens is 444 g/mol. The van der Waals surface area contributed by atoms with Crippen molar-refractivity contribution in [2.75, 3.05) is 0 Å². The minimum atomic E-state index is -4.36. The fraction of sp³-hybridized carbons (Fsp3) is 1.00. The van der Waals surface area contributed by atoms with Gasteiger partial charge in [-0.1, -0.05) is 54.4 Å². The van der Waals surface area contributed by atoms with Crippen LogP contribution in [-0.4, -0.2) is 19.1 Å². The maximum Gasteiger partial charge on any atom is 0.397 e. The molecule has 0 aromatic heterocycles. The average molecular weight is 497 g/mol. The zero-order valence-corrected chi connectivity index (χ0v) is 23.6. The molecule has 0 aliphatic heterocycles. The van der Waals surface area contributed by atoms with Gasteiger partial charge in [-0.2, -0.15) is 8.42 Å². The quantitative estimate of drug-likeness (QED) is 0.346. The minimum absolute atomic E-state index is 0.304. The van der Waals surface area contributed by atoms with E-state index in [1.807, 2.05) is 0 Å². The summed E-state index contributed by atoms with van der Waals surface area (Å²) >= 11 is 0. The average Bonchev–Trinajstić information content (AvgIpc) is 3.10. The van der Waals surface area contributed by atoms with Crippen molar-refractivity contribution < 1.29 is 17.2 Å². The van der Waals surface area contributed by atoms with Gasteiger partial charge in [-0.25, -0.2) is 4.18 Å². The molecule has 2 unspecified atom stereocenters. The van der Waals surface area contributed by atoms with Crippen molar-refractivity contribution in [1.82, 2.24) is 0 Å². The summed E-state index contributed by atoms with van der Waals surface area (Å²) in [4.78, 5) is 0. The summed E-state index contributed by atoms with van der Waals surface area (Å²) in [6, 6.07) is 0. The zero-order valence-electron chi connectivity index (χ0n) is 22.8. The van der Waals surface area contributed by atoms with E-state index in [4.69, 9.17) is 4.18 Å². The molecule has 4 aliphatic rings. The predicted octanol–water partition coefficient (Wildman–Crippen LogP) is 7.93. The van der Waals surface area contributed by atoms with Gasteiger partial charge in [0.05, 0.1) is 6.10 Å². The van der Waals surface area contributed by atoms with Gasteiger partial charge in [0, 0.05) is 0 Å². The van der Waals surface area contributed by atoms with Crippen molar-refractivity contribution in [2.24, 2.45) is 58.2 Å². The minimum Gasteiger partial charge on any atom is -0.264 e. The highest BCUT2D eigenvalue weighted by Gasteiger charge is 2.60. The predicted molar refractivity (Wildman–Crippen MR) is 139 cm³/mol. The molecule has 4 rings (SSSR count). The maximum absolute atomic E-state index is 11.3. The highest BCUT2D eigenvalue weighted by molar-refractivity contribution is 7.80. The molecule has 198 valence electrons. The summed E-state index contributed by atoms with van der Waals surface area (Å²) in [6.07, 6.45) is 14.4. The first kappa shape index (κ1) is 26.9. The van der Waals surface area contributed by atoms with Crippen molar-refractivity contribution in [3.63, 3.8) is 0 Å². The van der Waals surface area contributed by atoms with E-state index in [1.165, 1.54) is 57.8 Å². The molecule has 4 nitrogen and oxygen atoms in total. The smallest absolute Gasteiger partial charge is 0.264 e. The van der Waals surface area contributed by atoms with Crippen LogP contribution in [-0.2, 0) is 14.6 Å². The summed E-state index contributed by atoms with van der Waals surface area (Å²) in [7, 11) is -4.36. The first-order valence-corrected chi connectivity index (χ1v) is 15.9. The largest absolute Gasteiger partial charge is 0.397 e. The lowest BCUT2D eigenvalue weighted by atomic mass is 9.44. The lowest BCUT2D eigenvalue weighted by Crippen LogP contribution is -2.54. The van der Waals surface area contributed by atoms with Crippen LogP contribution in [0.3, 0.4) is 0 Å². The van der Waals surface area contributed by atoms with Crippen molar-refractivity contribution in [3.05, 3.63) is 0 Å². The highest BCUT2D eigenvalue weighted by Crippen LogP contribution is 2.68. The summed E-state index contributed by atoms with van der Waals surface area (Å²) in [6.45, 7) is 14.9. The molecule has 34 heavy (non-hydrogen) atoms. The van der Waals surface area contributed by atoms with Gasteiger partial charge < -0.3 is 0 Å². The molecule has 0 radical (unpaired) electrons. The van der Waals surface area contributed by atoms with Crippen LogP contribution in [0, 0.1) is 58.2 Å². The summed E-state index contributed by atoms with van der Waals surface area (Å²) in [5.41, 5.74) is 0.813. The molecule has 0 amide bonds. The van der Waals surface area contributed by atoms with Crippen molar-refractivity contribution >= 4 is 10.4 Å². The first-order valence-electron chi connectivity index (χ1n) is 14.5. The third-order valence-corrected chi connectivity index (χ3v) is 12.6. The SMILES string of the molecule is CCC(CC[C@@H](C)[C@H]1CC[C@H]2[C@@H]3CC[C@H]4CC(OS(=O)(=O)O)CC[C@]4(C)[C@H]3CC[C@]12C)C(C)C. The van der Waals surface area contributed by atoms with E-state index in [0.717, 1.165) is 60.7 Å². The zero-order chi connectivity index (χ0) is 24.9. The van der Waals surface area contributed by atoms with Gasteiger partial charge in [0.25, 0.3) is 0 Å². The van der Waals surface area contributed by atoms with E-state index < -0.39 is 10.4 Å². The Morgan fingerprint density at radius 2 is 1.59 bits per heavy atom. The van der Waals surface area contributed by atoms with E-state index in [2.05, 4.69) is 41.5 Å². The summed E-state index contributed by atoms with van der Waals surface area (Å²) in [5.74, 6) is 6.40. The standard InChI is InChI=1S/C29H52O4S/c1-7-21(19(2)3)9-8-20(4)25-12-13-26-24-11-10-22-18-23(33-34(30,31)32)14-16-28(22,5)27(24)15-17-29(25,26)6/h19-27H,7-18H2,1-6H3,(H,30,31,32)/t20-,21?,22+,23?,24+,25-,26+,27+,28+,29-/m1/s1. The Morgan fingerprint density at radius 1 is 0.912 bits per heavy atom. The van der Waals surface area contributed by atoms with Crippen LogP contribution in [0.5, 0.6) is 0 Å². The molecule has 10 atom stereocenters. The van der Waals surface area contributed by atoms with Crippen molar-refractivity contribution in [1.29, 1.82) is 0 Å². The number of fused-ring (bicyclic) bond motifs is 5. The topological polar surface area (TPSA) is 63.6 Å². The molecule has 4 fully saturated rings. The summed E-state index contributed by atoms with van der Waals surface area (Å²) < 4.78 is 36.8. The van der Waals surface area contributed by atoms with Gasteiger partial charge in [0.1, 0.15) is 0 Å². The van der Waals surface area contributed by atoms with Gasteiger partial charge in [-0.15, -0.1) is 0 Å². The van der Waals surface area contributed by atoms with E-state index in [1.54, 1.807) is 0 Å². The molecule has 5 heteroatoms. The Bertz CT molecular complexity index is 809. The Hall–Kier alpha value is -0.130. The van der Waals surface area contributed by atoms with Crippen LogP contribution >= 0.6 is 0 Å². The maximum atomic E-state index is 11.3. The molecule has 0 saturated heterocycles. The molecule has 1 N–H and O–H groups in total. The monoisotopic (exact) mass is 496 g/mol. The van der Waals surface area contributed by atoms with E-state index >= 15 is 0 Å². The second kappa shape index (κ2) is 9.97. The van der Waals surface area contributed by atoms with Gasteiger partial charge in [0.2, 0.25) is 0 Å². The van der Waals surface area contributed by atoms with Gasteiger partial charge in [-0.05, 0) is 122 Å². The molecule has 4 aliphatic carbocycles. The van der Waals surface area contributed by atoms with Gasteiger partial charge in [0.15, 0.2) is 0 Å². The third kappa shape index (κ3) is 5.01. The fourth-order valence-electron chi connectivity index (χ4n) is 10.1. The Kier molecular flexibility index (Phi) is 7.89. The molecule has 0 heterocycles. The van der Waals surface area contributed by atoms with E-state index in [0.29, 0.717) is 16.7 Å². The summed E-state index contributed by atoms with van der Waals surface area (Å²) in [5, 5.41) is 0. The molecule has 0 aromatic rings. The normalized spacial score (nSPS) is 44.2. The van der Waals surface area contributed by atoms with Crippen LogP contribution in [0.1, 0.15) is 119 Å². The number of hydrogen-bond donors (Lipinski definition) is 1. The molecule has 4 saturated carbocycles. The molecule has 0 aromatic carbocycles. The number of rotatable bonds is 8. The van der Waals surface area contributed by atoms with Crippen LogP contribution in [0.15, 0.2) is 0 Å². The lowest BCUT2D eigenvalue weighted by molar-refractivity contribution is -0.127. The van der Waals surface area contributed by atoms with Crippen molar-refractivity contribution in [2.45, 2.75) is 125 Å². The van der Waals surface area contributed by atoms with Gasteiger partial charge >= 0.3 is 10.4 Å². The van der Waals surface area contributed by atoms with Crippen LogP contribution in [0.4, 0.5) is 0 Å². The molecular formula is C29H52O4S. The highest BCUT2D eigenvalue weighted by atomic mass is 32.3. The van der Waals surface area contributed by atoms with Crippen molar-refractivity contribution in [3.8, 4) is 0 Å². The second-order valence-electron chi connectivity index (χ2n) is 13.8. The van der Waals surface area contributed by atoms with Gasteiger partial charge in [-0.3, -0.25) is 4.55 Å². The van der Waals surface area contributed by atoms with E-state index in [9.17, 15) is 13.0 Å². The fourth-order valence-corrected chi connectivity index (χ4v) is 10.7.